The van der Waals surface area contributed by atoms with Gasteiger partial charge in [-0.3, -0.25) is 0 Å². The molecule has 5 heteroatoms. The summed E-state index contributed by atoms with van der Waals surface area (Å²) in [5, 5.41) is 10.2. The summed E-state index contributed by atoms with van der Waals surface area (Å²) in [6.07, 6.45) is 0.934. The van der Waals surface area contributed by atoms with E-state index in [-0.39, 0.29) is 6.04 Å². The Hall–Kier alpha value is -2.17. The highest BCUT2D eigenvalue weighted by Crippen LogP contribution is 2.25. The highest BCUT2D eigenvalue weighted by molar-refractivity contribution is 5.85. The molecule has 0 saturated carbocycles. The van der Waals surface area contributed by atoms with Gasteiger partial charge in [0.05, 0.1) is 6.04 Å². The molecule has 2 heterocycles. The number of hydrogen-bond donors (Lipinski definition) is 0. The SMILES string of the molecule is CC1=NN(c2nc(-c3ccccc3)no2)[C@@H](C)C1. The molecule has 1 aliphatic heterocycles. The Balaban J connectivity index is 1.91. The maximum Gasteiger partial charge on any atom is 0.345 e. The first-order chi connectivity index (χ1) is 8.74. The first-order valence-electron chi connectivity index (χ1n) is 5.96. The molecule has 5 nitrogen and oxygen atoms in total. The molecule has 1 aliphatic rings. The Morgan fingerprint density at radius 2 is 2.06 bits per heavy atom. The van der Waals surface area contributed by atoms with Gasteiger partial charge in [-0.25, -0.2) is 5.01 Å². The molecule has 1 aromatic heterocycles. The van der Waals surface area contributed by atoms with Crippen LogP contribution in [-0.2, 0) is 0 Å². The molecule has 0 radical (unpaired) electrons. The summed E-state index contributed by atoms with van der Waals surface area (Å²) < 4.78 is 5.28. The molecule has 0 N–H and O–H groups in total. The van der Waals surface area contributed by atoms with Crippen molar-refractivity contribution < 1.29 is 4.52 Å². The fraction of sp³-hybridized carbons (Fsp3) is 0.308. The van der Waals surface area contributed by atoms with Crippen molar-refractivity contribution in [3.8, 4) is 11.4 Å². The maximum atomic E-state index is 5.28. The summed E-state index contributed by atoms with van der Waals surface area (Å²) in [4.78, 5) is 4.39. The lowest BCUT2D eigenvalue weighted by Gasteiger charge is -2.13. The van der Waals surface area contributed by atoms with Crippen LogP contribution in [0.1, 0.15) is 20.3 Å². The molecule has 18 heavy (non-hydrogen) atoms. The quantitative estimate of drug-likeness (QED) is 0.812. The molecule has 0 aliphatic carbocycles. The molecule has 0 fully saturated rings. The Labute approximate surface area is 105 Å². The molecular formula is C13H14N4O. The summed E-state index contributed by atoms with van der Waals surface area (Å²) in [5.74, 6) is 0.595. The number of benzene rings is 1. The van der Waals surface area contributed by atoms with Gasteiger partial charge < -0.3 is 4.52 Å². The van der Waals surface area contributed by atoms with Gasteiger partial charge in [-0.2, -0.15) is 10.1 Å². The lowest BCUT2D eigenvalue weighted by atomic mass is 10.2. The van der Waals surface area contributed by atoms with E-state index in [0.717, 1.165) is 17.7 Å². The van der Waals surface area contributed by atoms with Crippen LogP contribution in [0, 0.1) is 0 Å². The summed E-state index contributed by atoms with van der Waals surface area (Å²) >= 11 is 0. The van der Waals surface area contributed by atoms with Crippen LogP contribution in [0.5, 0.6) is 0 Å². The van der Waals surface area contributed by atoms with Crippen molar-refractivity contribution in [2.45, 2.75) is 26.3 Å². The van der Waals surface area contributed by atoms with Crippen molar-refractivity contribution in [3.05, 3.63) is 30.3 Å². The van der Waals surface area contributed by atoms with Crippen LogP contribution < -0.4 is 5.01 Å². The van der Waals surface area contributed by atoms with Gasteiger partial charge in [0.25, 0.3) is 0 Å². The number of aromatic nitrogens is 2. The van der Waals surface area contributed by atoms with Crippen LogP contribution in [0.4, 0.5) is 6.01 Å². The van der Waals surface area contributed by atoms with Gasteiger partial charge in [0.2, 0.25) is 5.82 Å². The van der Waals surface area contributed by atoms with Gasteiger partial charge in [0, 0.05) is 17.7 Å². The highest BCUT2D eigenvalue weighted by Gasteiger charge is 2.26. The third-order valence-electron chi connectivity index (χ3n) is 2.93. The number of rotatable bonds is 2. The predicted octanol–water partition coefficient (Wildman–Crippen LogP) is 2.71. The molecule has 0 unspecified atom stereocenters. The fourth-order valence-electron chi connectivity index (χ4n) is 2.08. The van der Waals surface area contributed by atoms with Crippen LogP contribution in [0.15, 0.2) is 40.0 Å². The molecular weight excluding hydrogens is 228 g/mol. The van der Waals surface area contributed by atoms with E-state index in [4.69, 9.17) is 4.52 Å². The number of hydrogen-bond acceptors (Lipinski definition) is 5. The van der Waals surface area contributed by atoms with Crippen LogP contribution in [0.2, 0.25) is 0 Å². The van der Waals surface area contributed by atoms with Gasteiger partial charge in [0.1, 0.15) is 0 Å². The zero-order valence-corrected chi connectivity index (χ0v) is 10.4. The lowest BCUT2D eigenvalue weighted by molar-refractivity contribution is 0.410. The number of hydrazone groups is 1. The third kappa shape index (κ3) is 1.88. The molecule has 92 valence electrons. The minimum atomic E-state index is 0.272. The van der Waals surface area contributed by atoms with E-state index >= 15 is 0 Å². The van der Waals surface area contributed by atoms with E-state index in [1.807, 2.05) is 37.3 Å². The molecule has 0 spiro atoms. The van der Waals surface area contributed by atoms with Gasteiger partial charge in [-0.15, -0.1) is 0 Å². The van der Waals surface area contributed by atoms with Crippen molar-refractivity contribution in [1.29, 1.82) is 0 Å². The predicted molar refractivity (Wildman–Crippen MR) is 69.4 cm³/mol. The minimum Gasteiger partial charge on any atom is -0.313 e. The van der Waals surface area contributed by atoms with Crippen LogP contribution >= 0.6 is 0 Å². The molecule has 0 amide bonds. The lowest BCUT2D eigenvalue weighted by Crippen LogP contribution is -2.22. The summed E-state index contributed by atoms with van der Waals surface area (Å²) in [6.45, 7) is 4.09. The van der Waals surface area contributed by atoms with Crippen molar-refractivity contribution in [2.75, 3.05) is 5.01 Å². The monoisotopic (exact) mass is 242 g/mol. The summed E-state index contributed by atoms with van der Waals surface area (Å²) in [5.41, 5.74) is 2.03. The van der Waals surface area contributed by atoms with E-state index in [1.165, 1.54) is 0 Å². The van der Waals surface area contributed by atoms with Gasteiger partial charge in [-0.05, 0) is 13.8 Å². The third-order valence-corrected chi connectivity index (χ3v) is 2.93. The summed E-state index contributed by atoms with van der Waals surface area (Å²) in [7, 11) is 0. The van der Waals surface area contributed by atoms with Gasteiger partial charge in [0.15, 0.2) is 0 Å². The topological polar surface area (TPSA) is 54.5 Å². The summed E-state index contributed by atoms with van der Waals surface area (Å²) in [6, 6.07) is 10.5. The van der Waals surface area contributed by atoms with E-state index in [9.17, 15) is 0 Å². The minimum absolute atomic E-state index is 0.272. The Morgan fingerprint density at radius 3 is 2.72 bits per heavy atom. The van der Waals surface area contributed by atoms with Gasteiger partial charge in [-0.1, -0.05) is 35.5 Å². The van der Waals surface area contributed by atoms with Crippen LogP contribution in [-0.4, -0.2) is 21.9 Å². The second-order valence-electron chi connectivity index (χ2n) is 4.50. The zero-order chi connectivity index (χ0) is 12.5. The zero-order valence-electron chi connectivity index (χ0n) is 10.4. The van der Waals surface area contributed by atoms with Crippen molar-refractivity contribution in [1.82, 2.24) is 10.1 Å². The van der Waals surface area contributed by atoms with E-state index < -0.39 is 0 Å². The molecule has 0 saturated heterocycles. The molecule has 1 atom stereocenters. The Morgan fingerprint density at radius 1 is 1.28 bits per heavy atom. The van der Waals surface area contributed by atoms with Crippen molar-refractivity contribution in [3.63, 3.8) is 0 Å². The fourth-order valence-corrected chi connectivity index (χ4v) is 2.08. The Bertz CT molecular complexity index is 576. The van der Waals surface area contributed by atoms with Crippen LogP contribution in [0.3, 0.4) is 0 Å². The molecule has 2 aromatic rings. The van der Waals surface area contributed by atoms with Gasteiger partial charge >= 0.3 is 6.01 Å². The average Bonchev–Trinajstić information content (AvgIpc) is 2.97. The molecule has 1 aromatic carbocycles. The van der Waals surface area contributed by atoms with Crippen LogP contribution in [0.25, 0.3) is 11.4 Å². The van der Waals surface area contributed by atoms with Crippen molar-refractivity contribution in [2.24, 2.45) is 5.10 Å². The average molecular weight is 242 g/mol. The van der Waals surface area contributed by atoms with E-state index in [2.05, 4.69) is 22.2 Å². The maximum absolute atomic E-state index is 5.28. The second kappa shape index (κ2) is 4.25. The molecule has 0 bridgehead atoms. The van der Waals surface area contributed by atoms with E-state index in [0.29, 0.717) is 11.8 Å². The number of nitrogens with zero attached hydrogens (tertiary/aromatic N) is 4. The smallest absolute Gasteiger partial charge is 0.313 e. The first kappa shape index (κ1) is 11.0. The van der Waals surface area contributed by atoms with E-state index in [1.54, 1.807) is 5.01 Å². The second-order valence-corrected chi connectivity index (χ2v) is 4.50. The normalized spacial score (nSPS) is 19.1. The standard InChI is InChI=1S/C13H14N4O/c1-9-8-10(2)17(15-9)13-14-12(16-18-13)11-6-4-3-5-7-11/h3-7,10H,8H2,1-2H3/t10-/m0/s1. The largest absolute Gasteiger partial charge is 0.345 e. The van der Waals surface area contributed by atoms with Crippen molar-refractivity contribution >= 4 is 11.7 Å². The highest BCUT2D eigenvalue weighted by atomic mass is 16.5. The Kier molecular flexibility index (Phi) is 2.59. The molecule has 3 rings (SSSR count). The number of anilines is 1. The first-order valence-corrected chi connectivity index (χ1v) is 5.96.